The lowest BCUT2D eigenvalue weighted by Crippen LogP contribution is -2.09. The fraction of sp³-hybridized carbons (Fsp3) is 0. The monoisotopic (exact) mass is 728 g/mol. The van der Waals surface area contributed by atoms with Gasteiger partial charge in [-0.3, -0.25) is 0 Å². The Kier molecular flexibility index (Phi) is 9.43. The molecular formula is C50H36N2S2. The van der Waals surface area contributed by atoms with Gasteiger partial charge in [0.2, 0.25) is 0 Å². The minimum absolute atomic E-state index is 1.13. The SMILES string of the molecule is c1ccc(-c2c(-c3ccc(-c4csc(N(c5ccccc5)c5ccccc5)c4-c4ccccc4)cc3)csc2N(c2ccccc2)c2ccccc2)cc1. The van der Waals surface area contributed by atoms with Gasteiger partial charge in [0.25, 0.3) is 0 Å². The Labute approximate surface area is 325 Å². The summed E-state index contributed by atoms with van der Waals surface area (Å²) < 4.78 is 0. The van der Waals surface area contributed by atoms with Gasteiger partial charge in [-0.05, 0) is 70.8 Å². The Morgan fingerprint density at radius 1 is 0.259 bits per heavy atom. The normalized spacial score (nSPS) is 11.0. The molecule has 7 aromatic carbocycles. The molecule has 0 aliphatic carbocycles. The summed E-state index contributed by atoms with van der Waals surface area (Å²) in [6, 6.07) is 73.5. The van der Waals surface area contributed by atoms with Gasteiger partial charge in [-0.25, -0.2) is 0 Å². The number of hydrogen-bond acceptors (Lipinski definition) is 4. The smallest absolute Gasteiger partial charge is 0.109 e. The molecule has 0 unspecified atom stereocenters. The molecule has 0 fully saturated rings. The van der Waals surface area contributed by atoms with E-state index in [1.165, 1.54) is 54.5 Å². The second kappa shape index (κ2) is 15.3. The Bertz CT molecular complexity index is 2300. The number of anilines is 6. The van der Waals surface area contributed by atoms with Crippen LogP contribution in [0.15, 0.2) is 217 Å². The number of rotatable bonds is 10. The van der Waals surface area contributed by atoms with Crippen LogP contribution in [-0.4, -0.2) is 0 Å². The molecule has 0 N–H and O–H groups in total. The van der Waals surface area contributed by atoms with Crippen molar-refractivity contribution in [2.75, 3.05) is 9.80 Å². The molecule has 54 heavy (non-hydrogen) atoms. The molecule has 0 amide bonds. The van der Waals surface area contributed by atoms with E-state index in [9.17, 15) is 0 Å². The number of thiophene rings is 2. The van der Waals surface area contributed by atoms with Gasteiger partial charge in [-0.2, -0.15) is 0 Å². The van der Waals surface area contributed by atoms with E-state index >= 15 is 0 Å². The Balaban J connectivity index is 1.17. The van der Waals surface area contributed by atoms with Crippen LogP contribution in [0.3, 0.4) is 0 Å². The summed E-state index contributed by atoms with van der Waals surface area (Å²) in [6.45, 7) is 0. The minimum atomic E-state index is 1.13. The van der Waals surface area contributed by atoms with E-state index < -0.39 is 0 Å². The van der Waals surface area contributed by atoms with Gasteiger partial charge in [-0.1, -0.05) is 158 Å². The molecular weight excluding hydrogens is 693 g/mol. The van der Waals surface area contributed by atoms with Crippen molar-refractivity contribution in [1.29, 1.82) is 0 Å². The molecule has 9 aromatic rings. The van der Waals surface area contributed by atoms with E-state index in [1.807, 2.05) is 0 Å². The highest BCUT2D eigenvalue weighted by atomic mass is 32.1. The van der Waals surface area contributed by atoms with Crippen LogP contribution in [0.2, 0.25) is 0 Å². The summed E-state index contributed by atoms with van der Waals surface area (Å²) in [4.78, 5) is 4.77. The van der Waals surface area contributed by atoms with Gasteiger partial charge in [0, 0.05) is 55.8 Å². The summed E-state index contributed by atoms with van der Waals surface area (Å²) in [7, 11) is 0. The van der Waals surface area contributed by atoms with Gasteiger partial charge in [0.1, 0.15) is 10.0 Å². The van der Waals surface area contributed by atoms with Crippen LogP contribution in [0.5, 0.6) is 0 Å². The van der Waals surface area contributed by atoms with E-state index in [4.69, 9.17) is 0 Å². The van der Waals surface area contributed by atoms with Gasteiger partial charge < -0.3 is 9.80 Å². The molecule has 0 atom stereocenters. The average molecular weight is 729 g/mol. The molecule has 0 bridgehead atoms. The van der Waals surface area contributed by atoms with E-state index in [0.29, 0.717) is 0 Å². The van der Waals surface area contributed by atoms with Crippen molar-refractivity contribution in [3.8, 4) is 44.5 Å². The van der Waals surface area contributed by atoms with Crippen molar-refractivity contribution in [3.63, 3.8) is 0 Å². The lowest BCUT2D eigenvalue weighted by molar-refractivity contribution is 1.32. The molecule has 2 aromatic heterocycles. The second-order valence-electron chi connectivity index (χ2n) is 13.0. The largest absolute Gasteiger partial charge is 0.301 e. The maximum absolute atomic E-state index is 2.38. The quantitative estimate of drug-likeness (QED) is 0.138. The highest BCUT2D eigenvalue weighted by molar-refractivity contribution is 7.16. The highest BCUT2D eigenvalue weighted by Crippen LogP contribution is 2.52. The zero-order chi connectivity index (χ0) is 36.1. The van der Waals surface area contributed by atoms with E-state index in [-0.39, 0.29) is 0 Å². The van der Waals surface area contributed by atoms with Crippen LogP contribution in [0.4, 0.5) is 32.8 Å². The average Bonchev–Trinajstić information content (AvgIpc) is 3.89. The molecule has 0 aliphatic heterocycles. The van der Waals surface area contributed by atoms with Crippen molar-refractivity contribution >= 4 is 55.4 Å². The first-order valence-electron chi connectivity index (χ1n) is 18.1. The van der Waals surface area contributed by atoms with Crippen LogP contribution in [-0.2, 0) is 0 Å². The molecule has 2 nitrogen and oxygen atoms in total. The number of nitrogens with zero attached hydrogens (tertiary/aromatic N) is 2. The van der Waals surface area contributed by atoms with Crippen LogP contribution in [0, 0.1) is 0 Å². The second-order valence-corrected chi connectivity index (χ2v) is 14.7. The van der Waals surface area contributed by atoms with Crippen molar-refractivity contribution in [3.05, 3.63) is 217 Å². The number of hydrogen-bond donors (Lipinski definition) is 0. The molecule has 0 radical (unpaired) electrons. The Morgan fingerprint density at radius 3 is 0.796 bits per heavy atom. The maximum atomic E-state index is 2.38. The van der Waals surface area contributed by atoms with Crippen molar-refractivity contribution in [2.24, 2.45) is 0 Å². The molecule has 0 saturated heterocycles. The van der Waals surface area contributed by atoms with E-state index in [0.717, 1.165) is 22.7 Å². The van der Waals surface area contributed by atoms with Gasteiger partial charge in [0.15, 0.2) is 0 Å². The standard InChI is InChI=1S/C50H36N2S2/c1-7-19-39(20-8-1)47-45(35-53-49(47)51(41-23-11-3-12-24-41)42-25-13-4-14-26-42)37-31-33-38(34-32-37)46-36-54-50(48(46)40-21-9-2-10-22-40)52(43-27-15-5-16-28-43)44-29-17-6-18-30-44/h1-36H. The molecule has 0 spiro atoms. The first-order chi connectivity index (χ1) is 26.8. The number of benzene rings is 7. The molecule has 0 aliphatic rings. The predicted molar refractivity (Wildman–Crippen MR) is 233 cm³/mol. The summed E-state index contributed by atoms with van der Waals surface area (Å²) in [5.74, 6) is 0. The van der Waals surface area contributed by atoms with Crippen LogP contribution in [0.25, 0.3) is 44.5 Å². The molecule has 2 heterocycles. The van der Waals surface area contributed by atoms with Crippen LogP contribution in [0.1, 0.15) is 0 Å². The Hall–Kier alpha value is -6.46. The molecule has 9 rings (SSSR count). The third-order valence-electron chi connectivity index (χ3n) is 9.64. The van der Waals surface area contributed by atoms with Crippen molar-refractivity contribution < 1.29 is 0 Å². The first-order valence-corrected chi connectivity index (χ1v) is 19.8. The van der Waals surface area contributed by atoms with Crippen molar-refractivity contribution in [2.45, 2.75) is 0 Å². The zero-order valence-corrected chi connectivity index (χ0v) is 31.1. The van der Waals surface area contributed by atoms with E-state index in [1.54, 1.807) is 22.7 Å². The van der Waals surface area contributed by atoms with Crippen molar-refractivity contribution in [1.82, 2.24) is 0 Å². The fourth-order valence-electron chi connectivity index (χ4n) is 7.12. The van der Waals surface area contributed by atoms with Gasteiger partial charge in [0.05, 0.1) is 0 Å². The first kappa shape index (κ1) is 33.4. The lowest BCUT2D eigenvalue weighted by atomic mass is 9.94. The predicted octanol–water partition coefficient (Wildman–Crippen LogP) is 15.4. The van der Waals surface area contributed by atoms with Crippen LogP contribution >= 0.6 is 22.7 Å². The fourth-order valence-corrected chi connectivity index (χ4v) is 9.41. The summed E-state index contributed by atoms with van der Waals surface area (Å²) in [5, 5.41) is 7.02. The van der Waals surface area contributed by atoms with Gasteiger partial charge in [-0.15, -0.1) is 22.7 Å². The lowest BCUT2D eigenvalue weighted by Gasteiger charge is -2.26. The molecule has 4 heteroatoms. The zero-order valence-electron chi connectivity index (χ0n) is 29.5. The molecule has 0 saturated carbocycles. The van der Waals surface area contributed by atoms with Crippen LogP contribution < -0.4 is 9.80 Å². The van der Waals surface area contributed by atoms with Gasteiger partial charge >= 0.3 is 0 Å². The topological polar surface area (TPSA) is 6.48 Å². The Morgan fingerprint density at radius 2 is 0.519 bits per heavy atom. The van der Waals surface area contributed by atoms with E-state index in [2.05, 4.69) is 227 Å². The summed E-state index contributed by atoms with van der Waals surface area (Å²) in [6.07, 6.45) is 0. The summed E-state index contributed by atoms with van der Waals surface area (Å²) in [5.41, 5.74) is 14.2. The number of para-hydroxylation sites is 4. The third-order valence-corrected chi connectivity index (χ3v) is 11.6. The minimum Gasteiger partial charge on any atom is -0.301 e. The summed E-state index contributed by atoms with van der Waals surface area (Å²) >= 11 is 3.58. The third kappa shape index (κ3) is 6.54. The maximum Gasteiger partial charge on any atom is 0.109 e. The molecule has 258 valence electrons. The highest BCUT2D eigenvalue weighted by Gasteiger charge is 2.25.